The van der Waals surface area contributed by atoms with E-state index in [1.165, 1.54) is 30.6 Å². The molecule has 0 aliphatic rings. The van der Waals surface area contributed by atoms with Crippen LogP contribution in [0.1, 0.15) is 27.7 Å². The van der Waals surface area contributed by atoms with Gasteiger partial charge in [0.1, 0.15) is 5.82 Å². The molecular weight excluding hydrogens is 373 g/mol. The van der Waals surface area contributed by atoms with Crippen LogP contribution in [0.15, 0.2) is 40.2 Å². The maximum atomic E-state index is 13.8. The summed E-state index contributed by atoms with van der Waals surface area (Å²) >= 11 is 4.54. The molecule has 0 aliphatic carbocycles. The number of hydrogen-bond donors (Lipinski definition) is 1. The van der Waals surface area contributed by atoms with Gasteiger partial charge in [-0.1, -0.05) is 22.0 Å². The molecule has 7 heteroatoms. The molecule has 0 aliphatic heterocycles. The zero-order chi connectivity index (χ0) is 16.1. The molecule has 1 atom stereocenters. The number of carbonyl (C=O) groups excluding carboxylic acids is 2. The molecule has 1 heterocycles. The van der Waals surface area contributed by atoms with Crippen LogP contribution in [0.2, 0.25) is 0 Å². The van der Waals surface area contributed by atoms with Crippen molar-refractivity contribution < 1.29 is 18.7 Å². The molecule has 4 nitrogen and oxygen atoms in total. The van der Waals surface area contributed by atoms with Crippen molar-refractivity contribution in [1.82, 2.24) is 5.32 Å². The van der Waals surface area contributed by atoms with E-state index in [4.69, 9.17) is 0 Å². The number of rotatable bonds is 5. The highest BCUT2D eigenvalue weighted by molar-refractivity contribution is 9.10. The molecule has 2 rings (SSSR count). The third-order valence-electron chi connectivity index (χ3n) is 2.97. The fourth-order valence-corrected chi connectivity index (χ4v) is 2.98. The highest BCUT2D eigenvalue weighted by Crippen LogP contribution is 2.23. The van der Waals surface area contributed by atoms with Crippen molar-refractivity contribution in [2.75, 3.05) is 7.11 Å². The number of halogens is 2. The van der Waals surface area contributed by atoms with E-state index in [2.05, 4.69) is 26.0 Å². The second kappa shape index (κ2) is 7.51. The first-order chi connectivity index (χ1) is 10.5. The standard InChI is InChI=1S/C15H13BrFNO3S/c1-21-14(19)8-12(13-3-2-6-22-13)18-15(20)10-5-4-9(16)7-11(10)17/h2-7,12H,8H2,1H3,(H,18,20). The summed E-state index contributed by atoms with van der Waals surface area (Å²) in [6.45, 7) is 0. The van der Waals surface area contributed by atoms with Gasteiger partial charge in [-0.05, 0) is 29.6 Å². The highest BCUT2D eigenvalue weighted by Gasteiger charge is 2.22. The number of methoxy groups -OCH3 is 1. The van der Waals surface area contributed by atoms with E-state index in [1.807, 2.05) is 11.4 Å². The molecule has 1 aromatic heterocycles. The van der Waals surface area contributed by atoms with Crippen LogP contribution in [0.5, 0.6) is 0 Å². The van der Waals surface area contributed by atoms with Crippen LogP contribution in [0.3, 0.4) is 0 Å². The number of nitrogens with one attached hydrogen (secondary N) is 1. The zero-order valence-corrected chi connectivity index (χ0v) is 14.0. The summed E-state index contributed by atoms with van der Waals surface area (Å²) < 4.78 is 19.0. The van der Waals surface area contributed by atoms with E-state index in [9.17, 15) is 14.0 Å². The zero-order valence-electron chi connectivity index (χ0n) is 11.6. The molecular formula is C15H13BrFNO3S. The van der Waals surface area contributed by atoms with Gasteiger partial charge in [-0.15, -0.1) is 11.3 Å². The number of ether oxygens (including phenoxy) is 1. The smallest absolute Gasteiger partial charge is 0.307 e. The monoisotopic (exact) mass is 385 g/mol. The summed E-state index contributed by atoms with van der Waals surface area (Å²) in [5.74, 6) is -1.66. The van der Waals surface area contributed by atoms with Crippen molar-refractivity contribution in [2.45, 2.75) is 12.5 Å². The van der Waals surface area contributed by atoms with E-state index in [1.54, 1.807) is 12.1 Å². The minimum Gasteiger partial charge on any atom is -0.469 e. The van der Waals surface area contributed by atoms with Gasteiger partial charge in [-0.25, -0.2) is 4.39 Å². The lowest BCUT2D eigenvalue weighted by Crippen LogP contribution is -2.30. The number of amides is 1. The van der Waals surface area contributed by atoms with Crippen molar-refractivity contribution >= 4 is 39.1 Å². The molecule has 0 saturated heterocycles. The predicted octanol–water partition coefficient (Wildman–Crippen LogP) is 3.68. The van der Waals surface area contributed by atoms with Gasteiger partial charge in [0.15, 0.2) is 0 Å². The van der Waals surface area contributed by atoms with Crippen LogP contribution >= 0.6 is 27.3 Å². The van der Waals surface area contributed by atoms with Crippen LogP contribution in [0.25, 0.3) is 0 Å². The Bertz CT molecular complexity index is 675. The molecule has 0 radical (unpaired) electrons. The molecule has 1 unspecified atom stereocenters. The van der Waals surface area contributed by atoms with E-state index >= 15 is 0 Å². The van der Waals surface area contributed by atoms with Crippen LogP contribution in [0.4, 0.5) is 4.39 Å². The lowest BCUT2D eigenvalue weighted by Gasteiger charge is -2.16. The Morgan fingerprint density at radius 2 is 2.18 bits per heavy atom. The lowest BCUT2D eigenvalue weighted by atomic mass is 10.1. The van der Waals surface area contributed by atoms with E-state index < -0.39 is 23.7 Å². The number of esters is 1. The number of carbonyl (C=O) groups is 2. The number of hydrogen-bond acceptors (Lipinski definition) is 4. The molecule has 0 fully saturated rings. The predicted molar refractivity (Wildman–Crippen MR) is 85.3 cm³/mol. The largest absolute Gasteiger partial charge is 0.469 e. The molecule has 1 aromatic carbocycles. The van der Waals surface area contributed by atoms with Gasteiger partial charge in [0, 0.05) is 9.35 Å². The molecule has 0 bridgehead atoms. The Morgan fingerprint density at radius 1 is 1.41 bits per heavy atom. The topological polar surface area (TPSA) is 55.4 Å². The number of thiophene rings is 1. The summed E-state index contributed by atoms with van der Waals surface area (Å²) in [5, 5.41) is 4.52. The molecule has 1 N–H and O–H groups in total. The first-order valence-electron chi connectivity index (χ1n) is 6.37. The quantitative estimate of drug-likeness (QED) is 0.798. The average Bonchev–Trinajstić information content (AvgIpc) is 3.00. The van der Waals surface area contributed by atoms with Gasteiger partial charge in [0.2, 0.25) is 0 Å². The minimum atomic E-state index is -0.630. The van der Waals surface area contributed by atoms with Gasteiger partial charge in [-0.3, -0.25) is 9.59 Å². The first kappa shape index (κ1) is 16.6. The van der Waals surface area contributed by atoms with Crippen molar-refractivity contribution in [2.24, 2.45) is 0 Å². The van der Waals surface area contributed by atoms with E-state index in [0.29, 0.717) is 4.47 Å². The second-order valence-corrected chi connectivity index (χ2v) is 6.34. The van der Waals surface area contributed by atoms with Crippen molar-refractivity contribution in [1.29, 1.82) is 0 Å². The Kier molecular flexibility index (Phi) is 5.68. The van der Waals surface area contributed by atoms with Crippen LogP contribution < -0.4 is 5.32 Å². The molecule has 116 valence electrons. The normalized spacial score (nSPS) is 11.8. The summed E-state index contributed by atoms with van der Waals surface area (Å²) in [4.78, 5) is 24.5. The van der Waals surface area contributed by atoms with Crippen molar-refractivity contribution in [3.05, 3.63) is 56.4 Å². The van der Waals surface area contributed by atoms with Crippen molar-refractivity contribution in [3.63, 3.8) is 0 Å². The minimum absolute atomic E-state index is 0.0130. The Labute approximate surface area is 139 Å². The SMILES string of the molecule is COC(=O)CC(NC(=O)c1ccc(Br)cc1F)c1cccs1. The molecule has 2 aromatic rings. The van der Waals surface area contributed by atoms with E-state index in [-0.39, 0.29) is 12.0 Å². The third-order valence-corrected chi connectivity index (χ3v) is 4.45. The van der Waals surface area contributed by atoms with Gasteiger partial charge in [0.25, 0.3) is 5.91 Å². The van der Waals surface area contributed by atoms with Gasteiger partial charge >= 0.3 is 5.97 Å². The Morgan fingerprint density at radius 3 is 2.77 bits per heavy atom. The summed E-state index contributed by atoms with van der Waals surface area (Å²) in [6.07, 6.45) is -0.0130. The van der Waals surface area contributed by atoms with Crippen molar-refractivity contribution in [3.8, 4) is 0 Å². The second-order valence-electron chi connectivity index (χ2n) is 4.45. The first-order valence-corrected chi connectivity index (χ1v) is 8.04. The Balaban J connectivity index is 2.19. The fraction of sp³-hybridized carbons (Fsp3) is 0.200. The van der Waals surface area contributed by atoms with E-state index in [0.717, 1.165) is 4.88 Å². The van der Waals surface area contributed by atoms with Gasteiger partial charge in [0.05, 0.1) is 25.1 Å². The average molecular weight is 386 g/mol. The third kappa shape index (κ3) is 4.14. The highest BCUT2D eigenvalue weighted by atomic mass is 79.9. The molecule has 0 spiro atoms. The van der Waals surface area contributed by atoms with Gasteiger partial charge in [-0.2, -0.15) is 0 Å². The molecule has 22 heavy (non-hydrogen) atoms. The Hall–Kier alpha value is -1.73. The maximum absolute atomic E-state index is 13.8. The number of benzene rings is 1. The summed E-state index contributed by atoms with van der Waals surface area (Å²) in [6, 6.07) is 7.25. The molecule has 1 amide bonds. The van der Waals surface area contributed by atoms with Gasteiger partial charge < -0.3 is 10.1 Å². The summed E-state index contributed by atoms with van der Waals surface area (Å²) in [5.41, 5.74) is -0.0744. The molecule has 0 saturated carbocycles. The van der Waals surface area contributed by atoms with Crippen LogP contribution in [0, 0.1) is 5.82 Å². The van der Waals surface area contributed by atoms with Crippen LogP contribution in [-0.4, -0.2) is 19.0 Å². The maximum Gasteiger partial charge on any atom is 0.307 e. The van der Waals surface area contributed by atoms with Crippen LogP contribution in [-0.2, 0) is 9.53 Å². The lowest BCUT2D eigenvalue weighted by molar-refractivity contribution is -0.141. The summed E-state index contributed by atoms with van der Waals surface area (Å²) in [7, 11) is 1.28. The fourth-order valence-electron chi connectivity index (χ4n) is 1.87.